The third kappa shape index (κ3) is 6.32. The fraction of sp³-hybridized carbons (Fsp3) is 0.357. The Morgan fingerprint density at radius 1 is 1.32 bits per heavy atom. The molecule has 0 aliphatic carbocycles. The van der Waals surface area contributed by atoms with Gasteiger partial charge in [-0.3, -0.25) is 10.1 Å². The number of halogens is 2. The Morgan fingerprint density at radius 2 is 1.91 bits per heavy atom. The van der Waals surface area contributed by atoms with E-state index < -0.39 is 12.0 Å². The standard InChI is InChI=1S/C14H17Cl2N3O3/c1-8(2)7-22-14(21)19-13(17)18-12(20)6-9-10(15)4-3-5-11(9)16/h3-5,8H,6-7H2,1-2H3,(H3,17,18,19,20,21). The van der Waals surface area contributed by atoms with Crippen LogP contribution in [0.15, 0.2) is 23.2 Å². The third-order valence-electron chi connectivity index (χ3n) is 2.42. The lowest BCUT2D eigenvalue weighted by Crippen LogP contribution is -2.38. The molecule has 1 aromatic carbocycles. The van der Waals surface area contributed by atoms with Gasteiger partial charge in [-0.05, 0) is 23.6 Å². The van der Waals surface area contributed by atoms with Gasteiger partial charge in [0.1, 0.15) is 0 Å². The minimum absolute atomic E-state index is 0.0875. The van der Waals surface area contributed by atoms with Gasteiger partial charge in [0.05, 0.1) is 13.0 Å². The SMILES string of the molecule is CC(C)COC(=O)N=C(N)NC(=O)Cc1c(Cl)cccc1Cl. The lowest BCUT2D eigenvalue weighted by molar-refractivity contribution is -0.119. The van der Waals surface area contributed by atoms with E-state index in [4.69, 9.17) is 33.7 Å². The number of nitrogens with one attached hydrogen (secondary N) is 1. The highest BCUT2D eigenvalue weighted by Gasteiger charge is 2.12. The number of nitrogens with zero attached hydrogens (tertiary/aromatic N) is 1. The zero-order chi connectivity index (χ0) is 16.7. The van der Waals surface area contributed by atoms with Gasteiger partial charge in [0.15, 0.2) is 0 Å². The maximum atomic E-state index is 11.8. The van der Waals surface area contributed by atoms with Gasteiger partial charge in [0.2, 0.25) is 11.9 Å². The zero-order valence-corrected chi connectivity index (χ0v) is 13.7. The fourth-order valence-electron chi connectivity index (χ4n) is 1.45. The molecule has 3 N–H and O–H groups in total. The first kappa shape index (κ1) is 18.3. The quantitative estimate of drug-likeness (QED) is 0.647. The number of nitrogens with two attached hydrogens (primary N) is 1. The van der Waals surface area contributed by atoms with Crippen molar-refractivity contribution in [1.82, 2.24) is 5.32 Å². The van der Waals surface area contributed by atoms with Gasteiger partial charge >= 0.3 is 6.09 Å². The molecule has 1 rings (SSSR count). The van der Waals surface area contributed by atoms with Crippen molar-refractivity contribution in [3.05, 3.63) is 33.8 Å². The number of rotatable bonds is 4. The van der Waals surface area contributed by atoms with Crippen molar-refractivity contribution in [3.63, 3.8) is 0 Å². The molecule has 0 unspecified atom stereocenters. The van der Waals surface area contributed by atoms with Crippen LogP contribution in [-0.2, 0) is 16.0 Å². The molecule has 0 atom stereocenters. The molecule has 22 heavy (non-hydrogen) atoms. The number of hydrogen-bond donors (Lipinski definition) is 2. The number of benzene rings is 1. The second-order valence-electron chi connectivity index (χ2n) is 4.89. The number of amides is 2. The second-order valence-corrected chi connectivity index (χ2v) is 5.71. The molecular weight excluding hydrogens is 329 g/mol. The van der Waals surface area contributed by atoms with Gasteiger partial charge in [-0.1, -0.05) is 43.1 Å². The first-order chi connectivity index (χ1) is 10.3. The summed E-state index contributed by atoms with van der Waals surface area (Å²) in [5.74, 6) is -0.660. The minimum atomic E-state index is -0.859. The Bertz CT molecular complexity index is 568. The van der Waals surface area contributed by atoms with Crippen LogP contribution in [0.3, 0.4) is 0 Å². The predicted molar refractivity (Wildman–Crippen MR) is 86.1 cm³/mol. The van der Waals surface area contributed by atoms with Crippen LogP contribution in [0.4, 0.5) is 4.79 Å². The molecule has 1 aromatic rings. The van der Waals surface area contributed by atoms with Crippen LogP contribution in [0, 0.1) is 5.92 Å². The first-order valence-corrected chi connectivity index (χ1v) is 7.28. The lowest BCUT2D eigenvalue weighted by atomic mass is 10.1. The number of carbonyl (C=O) groups is 2. The summed E-state index contributed by atoms with van der Waals surface area (Å²) in [6.07, 6.45) is -0.947. The van der Waals surface area contributed by atoms with E-state index in [0.717, 1.165) is 0 Å². The summed E-state index contributed by atoms with van der Waals surface area (Å²) in [5, 5.41) is 3.01. The normalized spacial score (nSPS) is 11.4. The van der Waals surface area contributed by atoms with Crippen molar-refractivity contribution in [3.8, 4) is 0 Å². The van der Waals surface area contributed by atoms with Crippen molar-refractivity contribution in [2.45, 2.75) is 20.3 Å². The highest BCUT2D eigenvalue weighted by Crippen LogP contribution is 2.24. The molecule has 0 radical (unpaired) electrons. The average Bonchev–Trinajstić information content (AvgIpc) is 2.40. The molecule has 120 valence electrons. The molecule has 0 aliphatic heterocycles. The molecule has 0 spiro atoms. The van der Waals surface area contributed by atoms with Crippen LogP contribution in [0.2, 0.25) is 10.0 Å². The monoisotopic (exact) mass is 345 g/mol. The smallest absolute Gasteiger partial charge is 0.436 e. The van der Waals surface area contributed by atoms with Crippen LogP contribution in [0.1, 0.15) is 19.4 Å². The molecular formula is C14H17Cl2N3O3. The Labute approximate surface area is 138 Å². The summed E-state index contributed by atoms with van der Waals surface area (Å²) in [6.45, 7) is 3.99. The van der Waals surface area contributed by atoms with Crippen molar-refractivity contribution in [1.29, 1.82) is 0 Å². The molecule has 6 nitrogen and oxygen atoms in total. The average molecular weight is 346 g/mol. The molecule has 2 amide bonds. The molecule has 0 fully saturated rings. The number of carbonyl (C=O) groups excluding carboxylic acids is 2. The highest BCUT2D eigenvalue weighted by molar-refractivity contribution is 6.36. The van der Waals surface area contributed by atoms with E-state index in [-0.39, 0.29) is 24.9 Å². The van der Waals surface area contributed by atoms with Crippen LogP contribution in [0.25, 0.3) is 0 Å². The highest BCUT2D eigenvalue weighted by atomic mass is 35.5. The Morgan fingerprint density at radius 3 is 2.45 bits per heavy atom. The first-order valence-electron chi connectivity index (χ1n) is 6.53. The molecule has 0 saturated heterocycles. The largest absolute Gasteiger partial charge is 0.448 e. The maximum Gasteiger partial charge on any atom is 0.436 e. The molecule has 0 heterocycles. The Hall–Kier alpha value is -1.79. The van der Waals surface area contributed by atoms with E-state index in [0.29, 0.717) is 15.6 Å². The Kier molecular flexibility index (Phi) is 7.14. The number of aliphatic imine (C=N–C) groups is 1. The van der Waals surface area contributed by atoms with E-state index in [1.165, 1.54) is 0 Å². The number of hydrogen-bond acceptors (Lipinski definition) is 3. The van der Waals surface area contributed by atoms with E-state index in [1.807, 2.05) is 13.8 Å². The predicted octanol–water partition coefficient (Wildman–Crippen LogP) is 2.76. The van der Waals surface area contributed by atoms with Crippen LogP contribution in [0.5, 0.6) is 0 Å². The topological polar surface area (TPSA) is 93.8 Å². The van der Waals surface area contributed by atoms with Gasteiger partial charge in [-0.15, -0.1) is 4.99 Å². The van der Waals surface area contributed by atoms with Crippen molar-refractivity contribution in [2.24, 2.45) is 16.6 Å². The molecule has 0 saturated carbocycles. The summed E-state index contributed by atoms with van der Waals surface area (Å²) >= 11 is 11.9. The van der Waals surface area contributed by atoms with Gasteiger partial charge in [-0.2, -0.15) is 0 Å². The summed E-state index contributed by atoms with van der Waals surface area (Å²) in [4.78, 5) is 26.6. The number of ether oxygens (including phenoxy) is 1. The van der Waals surface area contributed by atoms with E-state index in [2.05, 4.69) is 10.3 Å². The van der Waals surface area contributed by atoms with Gasteiger partial charge in [-0.25, -0.2) is 4.79 Å². The van der Waals surface area contributed by atoms with E-state index in [1.54, 1.807) is 18.2 Å². The van der Waals surface area contributed by atoms with Crippen LogP contribution < -0.4 is 11.1 Å². The molecule has 0 bridgehead atoms. The maximum absolute atomic E-state index is 11.8. The van der Waals surface area contributed by atoms with Gasteiger partial charge < -0.3 is 10.5 Å². The van der Waals surface area contributed by atoms with Crippen LogP contribution in [-0.4, -0.2) is 24.6 Å². The summed E-state index contributed by atoms with van der Waals surface area (Å²) < 4.78 is 4.81. The summed E-state index contributed by atoms with van der Waals surface area (Å²) in [7, 11) is 0. The Balaban J connectivity index is 2.59. The van der Waals surface area contributed by atoms with Crippen LogP contribution >= 0.6 is 23.2 Å². The number of guanidine groups is 1. The third-order valence-corrected chi connectivity index (χ3v) is 3.13. The zero-order valence-electron chi connectivity index (χ0n) is 12.2. The molecule has 0 aromatic heterocycles. The van der Waals surface area contributed by atoms with Crippen molar-refractivity contribution < 1.29 is 14.3 Å². The fourth-order valence-corrected chi connectivity index (χ4v) is 1.98. The second kappa shape index (κ2) is 8.60. The van der Waals surface area contributed by atoms with E-state index >= 15 is 0 Å². The van der Waals surface area contributed by atoms with E-state index in [9.17, 15) is 9.59 Å². The summed E-state index contributed by atoms with van der Waals surface area (Å²) in [5.41, 5.74) is 5.93. The molecule has 8 heteroatoms. The lowest BCUT2D eigenvalue weighted by Gasteiger charge is -2.08. The molecule has 0 aliphatic rings. The van der Waals surface area contributed by atoms with Gasteiger partial charge in [0.25, 0.3) is 0 Å². The summed E-state index contributed by atoms with van der Waals surface area (Å²) in [6, 6.07) is 4.92. The van der Waals surface area contributed by atoms with Crippen molar-refractivity contribution >= 4 is 41.2 Å². The van der Waals surface area contributed by atoms with Crippen molar-refractivity contribution in [2.75, 3.05) is 6.61 Å². The minimum Gasteiger partial charge on any atom is -0.448 e. The van der Waals surface area contributed by atoms with Gasteiger partial charge in [0, 0.05) is 10.0 Å².